The smallest absolute Gasteiger partial charge is 0.336 e. The van der Waals surface area contributed by atoms with E-state index in [0.717, 1.165) is 6.07 Å². The first kappa shape index (κ1) is 8.55. The molecule has 0 spiro atoms. The molecule has 3 N–H and O–H groups in total. The molecule has 4 heteroatoms. The van der Waals surface area contributed by atoms with Crippen molar-refractivity contribution in [3.8, 4) is 5.75 Å². The van der Waals surface area contributed by atoms with Gasteiger partial charge in [0.15, 0.2) is 0 Å². The Bertz CT molecular complexity index is 306. The number of carboxylic acid groups (broad SMARTS) is 1. The minimum absolute atomic E-state index is 0.0718. The fourth-order valence-electron chi connectivity index (χ4n) is 0.901. The third-order valence-electron chi connectivity index (χ3n) is 1.49. The van der Waals surface area contributed by atoms with Gasteiger partial charge >= 0.3 is 5.97 Å². The molecule has 12 heavy (non-hydrogen) atoms. The second-order valence-electron chi connectivity index (χ2n) is 2.30. The van der Waals surface area contributed by atoms with Gasteiger partial charge in [-0.05, 0) is 17.7 Å². The van der Waals surface area contributed by atoms with E-state index in [1.54, 1.807) is 0 Å². The number of benzene rings is 1. The SMILES string of the molecule is O=C(O)c1cc(O)ccc1CO. The standard InChI is InChI=1S/C8H8O4/c9-4-5-1-2-6(10)3-7(5)8(11)12/h1-3,9-10H,4H2,(H,11,12). The lowest BCUT2D eigenvalue weighted by Crippen LogP contribution is -2.01. The lowest BCUT2D eigenvalue weighted by molar-refractivity contribution is 0.0693. The predicted octanol–water partition coefficient (Wildman–Crippen LogP) is 0.583. The van der Waals surface area contributed by atoms with Crippen LogP contribution in [0.3, 0.4) is 0 Å². The van der Waals surface area contributed by atoms with Crippen LogP contribution in [-0.2, 0) is 6.61 Å². The predicted molar refractivity (Wildman–Crippen MR) is 41.0 cm³/mol. The second kappa shape index (κ2) is 3.23. The molecule has 0 atom stereocenters. The van der Waals surface area contributed by atoms with Crippen LogP contribution in [-0.4, -0.2) is 21.3 Å². The van der Waals surface area contributed by atoms with Crippen LogP contribution >= 0.6 is 0 Å². The fraction of sp³-hybridized carbons (Fsp3) is 0.125. The molecule has 0 saturated carbocycles. The molecule has 0 aliphatic carbocycles. The van der Waals surface area contributed by atoms with Crippen molar-refractivity contribution in [2.75, 3.05) is 0 Å². The number of aromatic carboxylic acids is 1. The maximum atomic E-state index is 10.5. The summed E-state index contributed by atoms with van der Waals surface area (Å²) in [5.74, 6) is -1.28. The Kier molecular flexibility index (Phi) is 2.30. The van der Waals surface area contributed by atoms with Gasteiger partial charge in [0.05, 0.1) is 12.2 Å². The lowest BCUT2D eigenvalue weighted by atomic mass is 10.1. The highest BCUT2D eigenvalue weighted by molar-refractivity contribution is 5.89. The van der Waals surface area contributed by atoms with Crippen molar-refractivity contribution in [3.05, 3.63) is 29.3 Å². The molecule has 0 aromatic heterocycles. The normalized spacial score (nSPS) is 9.75. The molecule has 4 nitrogen and oxygen atoms in total. The number of phenols is 1. The van der Waals surface area contributed by atoms with Crippen LogP contribution in [0.5, 0.6) is 5.75 Å². The number of carboxylic acids is 1. The number of aromatic hydroxyl groups is 1. The van der Waals surface area contributed by atoms with E-state index in [-0.39, 0.29) is 17.9 Å². The van der Waals surface area contributed by atoms with E-state index >= 15 is 0 Å². The summed E-state index contributed by atoms with van der Waals surface area (Å²) in [6.45, 7) is -0.345. The zero-order chi connectivity index (χ0) is 9.14. The van der Waals surface area contributed by atoms with Crippen molar-refractivity contribution in [2.45, 2.75) is 6.61 Å². The third kappa shape index (κ3) is 1.54. The minimum atomic E-state index is -1.16. The molecule has 0 aliphatic heterocycles. The number of aliphatic hydroxyl groups is 1. The van der Waals surface area contributed by atoms with Crippen molar-refractivity contribution in [1.29, 1.82) is 0 Å². The molecule has 1 rings (SSSR count). The highest BCUT2D eigenvalue weighted by Gasteiger charge is 2.09. The molecule has 0 fully saturated rings. The van der Waals surface area contributed by atoms with Gasteiger partial charge in [-0.15, -0.1) is 0 Å². The van der Waals surface area contributed by atoms with Gasteiger partial charge in [0.25, 0.3) is 0 Å². The third-order valence-corrected chi connectivity index (χ3v) is 1.49. The molecule has 0 heterocycles. The van der Waals surface area contributed by atoms with E-state index in [2.05, 4.69) is 0 Å². The zero-order valence-electron chi connectivity index (χ0n) is 6.19. The average molecular weight is 168 g/mol. The molecule has 1 aromatic rings. The van der Waals surface area contributed by atoms with Gasteiger partial charge in [-0.3, -0.25) is 0 Å². The first-order valence-electron chi connectivity index (χ1n) is 3.31. The average Bonchev–Trinajstić information content (AvgIpc) is 2.04. The molecule has 64 valence electrons. The van der Waals surface area contributed by atoms with E-state index in [4.69, 9.17) is 15.3 Å². The van der Waals surface area contributed by atoms with Crippen molar-refractivity contribution in [1.82, 2.24) is 0 Å². The first-order valence-corrected chi connectivity index (χ1v) is 3.31. The van der Waals surface area contributed by atoms with E-state index in [1.807, 2.05) is 0 Å². The van der Waals surface area contributed by atoms with Gasteiger partial charge in [0, 0.05) is 0 Å². The molecule has 1 aromatic carbocycles. The molecule has 0 radical (unpaired) electrons. The largest absolute Gasteiger partial charge is 0.508 e. The molecule has 0 unspecified atom stereocenters. The van der Waals surface area contributed by atoms with Gasteiger partial charge in [0.1, 0.15) is 5.75 Å². The number of hydrogen-bond donors (Lipinski definition) is 3. The molecule has 0 saturated heterocycles. The summed E-state index contributed by atoms with van der Waals surface area (Å²) in [6, 6.07) is 3.81. The fourth-order valence-corrected chi connectivity index (χ4v) is 0.901. The summed E-state index contributed by atoms with van der Waals surface area (Å²) in [6.07, 6.45) is 0. The molecular weight excluding hydrogens is 160 g/mol. The first-order chi connectivity index (χ1) is 5.65. The summed E-state index contributed by atoms with van der Waals surface area (Å²) < 4.78 is 0. The Labute approximate surface area is 68.7 Å². The molecular formula is C8H8O4. The van der Waals surface area contributed by atoms with E-state index in [0.29, 0.717) is 5.56 Å². The number of rotatable bonds is 2. The van der Waals surface area contributed by atoms with Gasteiger partial charge < -0.3 is 15.3 Å². The Morgan fingerprint density at radius 1 is 1.42 bits per heavy atom. The Hall–Kier alpha value is -1.55. The van der Waals surface area contributed by atoms with Crippen LogP contribution in [0, 0.1) is 0 Å². The van der Waals surface area contributed by atoms with Gasteiger partial charge in [0.2, 0.25) is 0 Å². The number of carbonyl (C=O) groups is 1. The van der Waals surface area contributed by atoms with Crippen molar-refractivity contribution >= 4 is 5.97 Å². The lowest BCUT2D eigenvalue weighted by Gasteiger charge is -2.02. The molecule has 0 aliphatic rings. The van der Waals surface area contributed by atoms with E-state index in [9.17, 15) is 4.79 Å². The number of hydrogen-bond acceptors (Lipinski definition) is 3. The van der Waals surface area contributed by atoms with Crippen LogP contribution < -0.4 is 0 Å². The second-order valence-corrected chi connectivity index (χ2v) is 2.30. The summed E-state index contributed by atoms with van der Waals surface area (Å²) in [5, 5.41) is 26.2. The minimum Gasteiger partial charge on any atom is -0.508 e. The summed E-state index contributed by atoms with van der Waals surface area (Å²) in [5.41, 5.74) is 0.220. The Morgan fingerprint density at radius 2 is 2.08 bits per heavy atom. The van der Waals surface area contributed by atoms with Crippen LogP contribution in [0.4, 0.5) is 0 Å². The maximum Gasteiger partial charge on any atom is 0.336 e. The van der Waals surface area contributed by atoms with Crippen LogP contribution in [0.2, 0.25) is 0 Å². The summed E-state index contributed by atoms with van der Waals surface area (Å²) in [4.78, 5) is 10.5. The molecule has 0 bridgehead atoms. The number of aliphatic hydroxyl groups excluding tert-OH is 1. The maximum absolute atomic E-state index is 10.5. The number of phenolic OH excluding ortho intramolecular Hbond substituents is 1. The van der Waals surface area contributed by atoms with Crippen LogP contribution in [0.1, 0.15) is 15.9 Å². The van der Waals surface area contributed by atoms with Crippen LogP contribution in [0.15, 0.2) is 18.2 Å². The van der Waals surface area contributed by atoms with Crippen molar-refractivity contribution in [2.24, 2.45) is 0 Å². The summed E-state index contributed by atoms with van der Waals surface area (Å²) in [7, 11) is 0. The Morgan fingerprint density at radius 3 is 2.58 bits per heavy atom. The quantitative estimate of drug-likeness (QED) is 0.603. The summed E-state index contributed by atoms with van der Waals surface area (Å²) >= 11 is 0. The highest BCUT2D eigenvalue weighted by atomic mass is 16.4. The van der Waals surface area contributed by atoms with E-state index < -0.39 is 5.97 Å². The van der Waals surface area contributed by atoms with Gasteiger partial charge in [-0.1, -0.05) is 6.07 Å². The van der Waals surface area contributed by atoms with Crippen molar-refractivity contribution in [3.63, 3.8) is 0 Å². The van der Waals surface area contributed by atoms with Crippen LogP contribution in [0.25, 0.3) is 0 Å². The van der Waals surface area contributed by atoms with E-state index in [1.165, 1.54) is 12.1 Å². The van der Waals surface area contributed by atoms with Gasteiger partial charge in [-0.25, -0.2) is 4.79 Å². The zero-order valence-corrected chi connectivity index (χ0v) is 6.19. The Balaban J connectivity index is 3.21. The van der Waals surface area contributed by atoms with Gasteiger partial charge in [-0.2, -0.15) is 0 Å². The molecule has 0 amide bonds. The highest BCUT2D eigenvalue weighted by Crippen LogP contribution is 2.16. The van der Waals surface area contributed by atoms with Crippen molar-refractivity contribution < 1.29 is 20.1 Å². The topological polar surface area (TPSA) is 77.8 Å². The monoisotopic (exact) mass is 168 g/mol.